The molecule has 0 aliphatic rings. The van der Waals surface area contributed by atoms with Crippen LogP contribution < -0.4 is 9.99 Å². The fourth-order valence-corrected chi connectivity index (χ4v) is 2.99. The third kappa shape index (κ3) is 3.47. The Hall–Kier alpha value is -2.91. The van der Waals surface area contributed by atoms with Crippen molar-refractivity contribution in [3.63, 3.8) is 0 Å². The van der Waals surface area contributed by atoms with E-state index in [-0.39, 0.29) is 12.3 Å². The molecule has 3 aromatic rings. The number of anilines is 2. The first kappa shape index (κ1) is 16.9. The molecule has 0 radical (unpaired) electrons. The van der Waals surface area contributed by atoms with E-state index in [2.05, 4.69) is 9.97 Å². The number of rotatable bonds is 5. The van der Waals surface area contributed by atoms with Gasteiger partial charge in [0.15, 0.2) is 0 Å². The molecule has 8 nitrogen and oxygen atoms in total. The quantitative estimate of drug-likeness (QED) is 0.533. The normalized spacial score (nSPS) is 12.1. The number of imidazole rings is 1. The maximum Gasteiger partial charge on any atom is 0.338 e. The molecule has 1 atom stereocenters. The van der Waals surface area contributed by atoms with Crippen LogP contribution in [0.15, 0.2) is 47.3 Å². The van der Waals surface area contributed by atoms with Crippen LogP contribution >= 0.6 is 0 Å². The predicted molar refractivity (Wildman–Crippen MR) is 92.4 cm³/mol. The van der Waals surface area contributed by atoms with Crippen molar-refractivity contribution in [2.24, 2.45) is 0 Å². The van der Waals surface area contributed by atoms with Crippen LogP contribution in [-0.4, -0.2) is 31.3 Å². The highest BCUT2D eigenvalue weighted by atomic mass is 32.2. The molecule has 0 spiro atoms. The van der Waals surface area contributed by atoms with Crippen LogP contribution in [0.2, 0.25) is 0 Å². The molecular weight excluding hydrogens is 346 g/mol. The Bertz CT molecular complexity index is 993. The van der Waals surface area contributed by atoms with Crippen molar-refractivity contribution in [2.45, 2.75) is 6.92 Å². The zero-order valence-corrected chi connectivity index (χ0v) is 14.0. The summed E-state index contributed by atoms with van der Waals surface area (Å²) in [4.78, 5) is 28.2. The predicted octanol–water partition coefficient (Wildman–Crippen LogP) is 1.97. The summed E-state index contributed by atoms with van der Waals surface area (Å²) in [6, 6.07) is 10.7. The first-order valence-corrected chi connectivity index (χ1v) is 8.41. The van der Waals surface area contributed by atoms with E-state index in [0.717, 1.165) is 4.31 Å². The number of hydrogen-bond donors (Lipinski definition) is 2. The molecule has 0 fully saturated rings. The van der Waals surface area contributed by atoms with Crippen molar-refractivity contribution < 1.29 is 18.3 Å². The molecular formula is C16H14N3O5S-. The van der Waals surface area contributed by atoms with Gasteiger partial charge in [-0.3, -0.25) is 8.51 Å². The lowest BCUT2D eigenvalue weighted by Gasteiger charge is -2.26. The summed E-state index contributed by atoms with van der Waals surface area (Å²) in [6.45, 7) is 1.96. The highest BCUT2D eigenvalue weighted by molar-refractivity contribution is 7.81. The van der Waals surface area contributed by atoms with Crippen LogP contribution in [0, 0.1) is 0 Å². The Morgan fingerprint density at radius 3 is 2.40 bits per heavy atom. The van der Waals surface area contributed by atoms with Gasteiger partial charge in [0.25, 0.3) is 0 Å². The molecule has 9 heteroatoms. The van der Waals surface area contributed by atoms with Crippen LogP contribution in [0.25, 0.3) is 11.0 Å². The van der Waals surface area contributed by atoms with Crippen LogP contribution in [-0.2, 0) is 16.0 Å². The molecule has 2 aromatic carbocycles. The number of carbonyl (C=O) groups is 1. The summed E-state index contributed by atoms with van der Waals surface area (Å²) < 4.78 is 29.4. The van der Waals surface area contributed by atoms with Gasteiger partial charge < -0.3 is 19.3 Å². The minimum absolute atomic E-state index is 0.256. The molecule has 0 aliphatic carbocycles. The summed E-state index contributed by atoms with van der Waals surface area (Å²) in [5.74, 6) is -0.477. The minimum atomic E-state index is -2.60. The fraction of sp³-hybridized carbons (Fsp3) is 0.125. The first-order chi connectivity index (χ1) is 12.0. The van der Waals surface area contributed by atoms with Crippen molar-refractivity contribution >= 4 is 39.6 Å². The number of carbonyl (C=O) groups excluding carboxylic acids is 1. The Morgan fingerprint density at radius 2 is 1.76 bits per heavy atom. The molecule has 0 bridgehead atoms. The lowest BCUT2D eigenvalue weighted by Crippen LogP contribution is -2.19. The van der Waals surface area contributed by atoms with Crippen LogP contribution in [0.5, 0.6) is 0 Å². The van der Waals surface area contributed by atoms with Gasteiger partial charge in [0, 0.05) is 0 Å². The number of aromatic amines is 2. The van der Waals surface area contributed by atoms with E-state index in [1.54, 1.807) is 25.1 Å². The molecule has 0 aliphatic heterocycles. The van der Waals surface area contributed by atoms with Gasteiger partial charge in [-0.1, -0.05) is 0 Å². The Labute approximate surface area is 144 Å². The van der Waals surface area contributed by atoms with E-state index >= 15 is 0 Å². The molecule has 1 aromatic heterocycles. The number of nitrogens with zero attached hydrogens (tertiary/aromatic N) is 1. The van der Waals surface area contributed by atoms with Crippen molar-refractivity contribution in [3.05, 3.63) is 58.5 Å². The molecule has 1 unspecified atom stereocenters. The smallest absolute Gasteiger partial charge is 0.338 e. The number of aromatic nitrogens is 2. The summed E-state index contributed by atoms with van der Waals surface area (Å²) in [5.41, 5.74) is 1.70. The molecule has 2 N–H and O–H groups in total. The topological polar surface area (TPSA) is 118 Å². The number of fused-ring (bicyclic) bond motifs is 1. The van der Waals surface area contributed by atoms with Gasteiger partial charge in [-0.2, -0.15) is 0 Å². The van der Waals surface area contributed by atoms with E-state index in [0.29, 0.717) is 28.0 Å². The van der Waals surface area contributed by atoms with E-state index in [4.69, 9.17) is 4.74 Å². The van der Waals surface area contributed by atoms with Crippen LogP contribution in [0.3, 0.4) is 0 Å². The van der Waals surface area contributed by atoms with Gasteiger partial charge in [0.2, 0.25) is 0 Å². The first-order valence-electron chi connectivity index (χ1n) is 7.38. The van der Waals surface area contributed by atoms with Crippen molar-refractivity contribution in [1.29, 1.82) is 0 Å². The Morgan fingerprint density at radius 1 is 1.12 bits per heavy atom. The van der Waals surface area contributed by atoms with Gasteiger partial charge in [-0.25, -0.2) is 9.59 Å². The standard InChI is InChI=1S/C16H15N3O5S/c1-2-24-15(20)10-3-5-11(6-4-10)19(25(22)23)12-7-8-13-14(9-12)18-16(21)17-13/h3-9H,2H2,1H3,(H,22,23)(H2,17,18,21)/p-1. The van der Waals surface area contributed by atoms with Crippen molar-refractivity contribution in [2.75, 3.05) is 10.9 Å². The number of esters is 1. The monoisotopic (exact) mass is 360 g/mol. The summed E-state index contributed by atoms with van der Waals surface area (Å²) in [5, 5.41) is 0. The number of H-pyrrole nitrogens is 2. The number of benzene rings is 2. The van der Waals surface area contributed by atoms with E-state index in [1.165, 1.54) is 24.3 Å². The van der Waals surface area contributed by atoms with Crippen LogP contribution in [0.4, 0.5) is 11.4 Å². The van der Waals surface area contributed by atoms with Crippen LogP contribution in [0.1, 0.15) is 17.3 Å². The molecule has 0 saturated heterocycles. The Kier molecular flexibility index (Phi) is 4.68. The van der Waals surface area contributed by atoms with Gasteiger partial charge in [0.05, 0.1) is 45.8 Å². The van der Waals surface area contributed by atoms with Gasteiger partial charge >= 0.3 is 11.7 Å². The highest BCUT2D eigenvalue weighted by Crippen LogP contribution is 2.28. The highest BCUT2D eigenvalue weighted by Gasteiger charge is 2.13. The molecule has 1 heterocycles. The number of ether oxygens (including phenoxy) is 1. The third-order valence-corrected chi connectivity index (χ3v) is 4.22. The molecule has 0 amide bonds. The zero-order chi connectivity index (χ0) is 18.0. The average Bonchev–Trinajstić information content (AvgIpc) is 2.95. The molecule has 3 rings (SSSR count). The summed E-state index contributed by atoms with van der Waals surface area (Å²) >= 11 is -2.60. The molecule has 130 valence electrons. The maximum atomic E-state index is 11.7. The minimum Gasteiger partial charge on any atom is -0.755 e. The van der Waals surface area contributed by atoms with Gasteiger partial charge in [0.1, 0.15) is 0 Å². The fourth-order valence-electron chi connectivity index (χ4n) is 2.42. The van der Waals surface area contributed by atoms with E-state index in [1.807, 2.05) is 0 Å². The second-order valence-corrected chi connectivity index (χ2v) is 5.89. The van der Waals surface area contributed by atoms with Crippen molar-refractivity contribution in [1.82, 2.24) is 9.97 Å². The van der Waals surface area contributed by atoms with Crippen molar-refractivity contribution in [3.8, 4) is 0 Å². The lowest BCUT2D eigenvalue weighted by molar-refractivity contribution is 0.0526. The van der Waals surface area contributed by atoms with E-state index < -0.39 is 17.2 Å². The number of hydrogen-bond acceptors (Lipinski definition) is 5. The summed E-state index contributed by atoms with van der Waals surface area (Å²) in [6.07, 6.45) is 0. The Balaban J connectivity index is 1.98. The van der Waals surface area contributed by atoms with E-state index in [9.17, 15) is 18.4 Å². The molecule has 25 heavy (non-hydrogen) atoms. The third-order valence-electron chi connectivity index (χ3n) is 3.50. The second kappa shape index (κ2) is 6.91. The number of nitrogens with one attached hydrogen (secondary N) is 2. The van der Waals surface area contributed by atoms with Gasteiger partial charge in [-0.15, -0.1) is 0 Å². The summed E-state index contributed by atoms with van der Waals surface area (Å²) in [7, 11) is 0. The lowest BCUT2D eigenvalue weighted by atomic mass is 10.2. The average molecular weight is 360 g/mol. The van der Waals surface area contributed by atoms with Gasteiger partial charge in [-0.05, 0) is 49.4 Å². The molecule has 0 saturated carbocycles. The maximum absolute atomic E-state index is 11.7. The SMILES string of the molecule is CCOC(=O)c1ccc(N(c2ccc3[nH]c(=O)[nH]c3c2)S(=O)[O-])cc1. The zero-order valence-electron chi connectivity index (χ0n) is 13.1. The second-order valence-electron chi connectivity index (χ2n) is 5.09. The largest absolute Gasteiger partial charge is 0.755 e.